The number of nitrogens with zero attached hydrogens (tertiary/aromatic N) is 3. The van der Waals surface area contributed by atoms with Crippen molar-refractivity contribution in [3.05, 3.63) is 41.5 Å². The molecule has 0 radical (unpaired) electrons. The van der Waals surface area contributed by atoms with Crippen molar-refractivity contribution < 1.29 is 19.4 Å². The number of carbonyl (C=O) groups excluding carboxylic acids is 2. The van der Waals surface area contributed by atoms with Crippen molar-refractivity contribution in [3.8, 4) is 0 Å². The van der Waals surface area contributed by atoms with Gasteiger partial charge >= 0.3 is 11.3 Å². The largest absolute Gasteiger partial charge is 0.500 e. The number of rotatable bonds is 5. The van der Waals surface area contributed by atoms with Crippen LogP contribution in [0.4, 0.5) is 26.8 Å². The van der Waals surface area contributed by atoms with Gasteiger partial charge in [0, 0.05) is 6.20 Å². The standard InChI is InChI=1S/C18H16N4O4S/c1-10(2)26-8-11-4-3-5-14(20-11)22-13-6-7-19-16-15(13)12(21-17(22)23)9-27(16)18(24)25/h3-7,9-10H,8H2,1-2H3,(H-,21,23,24,25). The van der Waals surface area contributed by atoms with Crippen LogP contribution < -0.4 is 15.3 Å². The topological polar surface area (TPSA) is 107 Å². The van der Waals surface area contributed by atoms with Gasteiger partial charge in [-0.15, -0.1) is 0 Å². The maximum absolute atomic E-state index is 12.7. The van der Waals surface area contributed by atoms with Crippen LogP contribution in [0, 0.1) is 0 Å². The van der Waals surface area contributed by atoms with Crippen LogP contribution in [-0.4, -0.2) is 27.4 Å². The summed E-state index contributed by atoms with van der Waals surface area (Å²) in [7, 11) is -1.30. The number of aromatic nitrogens is 2. The third-order valence-electron chi connectivity index (χ3n) is 4.06. The lowest BCUT2D eigenvalue weighted by Crippen LogP contribution is -2.34. The van der Waals surface area contributed by atoms with E-state index in [1.807, 2.05) is 19.9 Å². The lowest BCUT2D eigenvalue weighted by molar-refractivity contribution is -0.233. The Morgan fingerprint density at radius 1 is 1.37 bits per heavy atom. The molecule has 0 saturated carbocycles. The monoisotopic (exact) mass is 384 g/mol. The molecule has 1 atom stereocenters. The molecule has 4 heterocycles. The number of hydrogen-bond acceptors (Lipinski definition) is 6. The average molecular weight is 384 g/mol. The highest BCUT2D eigenvalue weighted by Gasteiger charge is 2.34. The van der Waals surface area contributed by atoms with Gasteiger partial charge in [-0.25, -0.2) is 19.7 Å². The van der Waals surface area contributed by atoms with Crippen molar-refractivity contribution in [2.24, 2.45) is 0 Å². The highest BCUT2D eigenvalue weighted by Crippen LogP contribution is 2.46. The minimum atomic E-state index is -1.30. The smallest absolute Gasteiger partial charge is 0.332 e. The Morgan fingerprint density at radius 3 is 2.93 bits per heavy atom. The van der Waals surface area contributed by atoms with Gasteiger partial charge in [0.15, 0.2) is 5.38 Å². The average Bonchev–Trinajstić information content (AvgIpc) is 3.00. The first-order valence-corrected chi connectivity index (χ1v) is 9.58. The summed E-state index contributed by atoms with van der Waals surface area (Å²) in [6, 6.07) is 6.60. The van der Waals surface area contributed by atoms with Gasteiger partial charge in [0.05, 0.1) is 34.6 Å². The Kier molecular flexibility index (Phi) is 4.25. The number of thiophene rings is 1. The third-order valence-corrected chi connectivity index (χ3v) is 5.62. The zero-order valence-electron chi connectivity index (χ0n) is 14.6. The molecule has 0 bridgehead atoms. The second-order valence-corrected chi connectivity index (χ2v) is 7.87. The van der Waals surface area contributed by atoms with Crippen molar-refractivity contribution in [2.75, 3.05) is 10.2 Å². The summed E-state index contributed by atoms with van der Waals surface area (Å²) in [5.41, 5.74) is 1.68. The first kappa shape index (κ1) is 17.4. The number of nitrogens with one attached hydrogen (secondary N) is 1. The molecule has 0 fully saturated rings. The first-order valence-electron chi connectivity index (χ1n) is 8.29. The van der Waals surface area contributed by atoms with Crippen LogP contribution in [0.15, 0.2) is 35.8 Å². The maximum atomic E-state index is 12.7. The van der Waals surface area contributed by atoms with Gasteiger partial charge in [0.1, 0.15) is 16.9 Å². The van der Waals surface area contributed by atoms with Crippen LogP contribution in [0.25, 0.3) is 10.2 Å². The fourth-order valence-electron chi connectivity index (χ4n) is 2.92. The Labute approximate surface area is 157 Å². The number of amides is 2. The van der Waals surface area contributed by atoms with Gasteiger partial charge in [0.25, 0.3) is 4.83 Å². The molecule has 3 aromatic rings. The van der Waals surface area contributed by atoms with Gasteiger partial charge in [-0.2, -0.15) is 0 Å². The van der Waals surface area contributed by atoms with Crippen LogP contribution in [0.2, 0.25) is 0 Å². The lowest BCUT2D eigenvalue weighted by Gasteiger charge is -2.26. The molecular weight excluding hydrogens is 368 g/mol. The molecule has 0 spiro atoms. The Morgan fingerprint density at radius 2 is 2.19 bits per heavy atom. The minimum Gasteiger partial charge on any atom is -0.500 e. The number of anilines is 3. The fourth-order valence-corrected chi connectivity index (χ4v) is 4.31. The molecule has 1 unspecified atom stereocenters. The van der Waals surface area contributed by atoms with E-state index < -0.39 is 21.8 Å². The van der Waals surface area contributed by atoms with Crippen LogP contribution in [0.5, 0.6) is 0 Å². The van der Waals surface area contributed by atoms with E-state index in [4.69, 9.17) is 4.74 Å². The van der Waals surface area contributed by atoms with Crippen molar-refractivity contribution in [1.82, 2.24) is 9.97 Å². The molecule has 1 aliphatic heterocycles. The maximum Gasteiger partial charge on any atom is 0.332 e. The van der Waals surface area contributed by atoms with E-state index in [1.54, 1.807) is 18.2 Å². The van der Waals surface area contributed by atoms with Gasteiger partial charge < -0.3 is 20.0 Å². The predicted molar refractivity (Wildman–Crippen MR) is 100 cm³/mol. The number of urea groups is 1. The van der Waals surface area contributed by atoms with Gasteiger partial charge in [-0.1, -0.05) is 6.07 Å². The van der Waals surface area contributed by atoms with E-state index in [0.29, 0.717) is 39.7 Å². The fraction of sp³-hybridized carbons (Fsp3) is 0.222. The first-order chi connectivity index (χ1) is 13.0. The van der Waals surface area contributed by atoms with Gasteiger partial charge in [-0.3, -0.25) is 0 Å². The Balaban J connectivity index is 1.82. The minimum absolute atomic E-state index is 0.0625. The van der Waals surface area contributed by atoms with E-state index in [0.717, 1.165) is 0 Å². The number of carbonyl (C=O) groups is 2. The quantitative estimate of drug-likeness (QED) is 0.677. The number of ether oxygens (including phenoxy) is 1. The molecule has 0 saturated heterocycles. The molecule has 3 aromatic heterocycles. The molecule has 1 aliphatic rings. The zero-order valence-corrected chi connectivity index (χ0v) is 15.4. The highest BCUT2D eigenvalue weighted by molar-refractivity contribution is 7.54. The summed E-state index contributed by atoms with van der Waals surface area (Å²) in [4.78, 5) is 34.7. The van der Waals surface area contributed by atoms with Gasteiger partial charge in [-0.05, 0) is 32.0 Å². The SMILES string of the molecule is CC(C)OCc1cccc(N2C(=O)Nc3c[s+](C(=O)[O-])c4nccc2c34)n1. The van der Waals surface area contributed by atoms with Crippen molar-refractivity contribution >= 4 is 49.2 Å². The normalized spacial score (nSPS) is 14.0. The Hall–Kier alpha value is -3.04. The molecule has 4 rings (SSSR count). The van der Waals surface area contributed by atoms with Crippen molar-refractivity contribution in [1.29, 1.82) is 0 Å². The second kappa shape index (κ2) is 6.60. The van der Waals surface area contributed by atoms with E-state index >= 15 is 0 Å². The highest BCUT2D eigenvalue weighted by atomic mass is 32.2. The van der Waals surface area contributed by atoms with Crippen molar-refractivity contribution in [3.63, 3.8) is 0 Å². The number of carboxylic acid groups (broad SMARTS) is 1. The van der Waals surface area contributed by atoms with E-state index in [-0.39, 0.29) is 6.10 Å². The van der Waals surface area contributed by atoms with Crippen LogP contribution in [-0.2, 0) is 11.3 Å². The molecule has 8 nitrogen and oxygen atoms in total. The Bertz CT molecular complexity index is 1060. The van der Waals surface area contributed by atoms with Crippen LogP contribution >= 0.6 is 10.5 Å². The van der Waals surface area contributed by atoms with Gasteiger partial charge in [0.2, 0.25) is 0 Å². The predicted octanol–water partition coefficient (Wildman–Crippen LogP) is 3.18. The third kappa shape index (κ3) is 3.00. The summed E-state index contributed by atoms with van der Waals surface area (Å²) >= 11 is 0. The lowest BCUT2D eigenvalue weighted by atomic mass is 10.2. The summed E-state index contributed by atoms with van der Waals surface area (Å²) in [5.74, 6) is 0.421. The molecule has 0 aliphatic carbocycles. The summed E-state index contributed by atoms with van der Waals surface area (Å²) < 4.78 is 5.58. The van der Waals surface area contributed by atoms with E-state index in [9.17, 15) is 14.7 Å². The molecule has 27 heavy (non-hydrogen) atoms. The molecular formula is C18H16N4O4S. The summed E-state index contributed by atoms with van der Waals surface area (Å²) in [5, 5.41) is 15.0. The molecule has 1 N–H and O–H groups in total. The van der Waals surface area contributed by atoms with Crippen molar-refractivity contribution in [2.45, 2.75) is 26.6 Å². The van der Waals surface area contributed by atoms with E-state index in [1.165, 1.54) is 16.5 Å². The molecule has 138 valence electrons. The van der Waals surface area contributed by atoms with E-state index in [2.05, 4.69) is 15.3 Å². The second-order valence-electron chi connectivity index (χ2n) is 6.24. The van der Waals surface area contributed by atoms with Crippen LogP contribution in [0.1, 0.15) is 19.5 Å². The molecule has 0 aromatic carbocycles. The summed E-state index contributed by atoms with van der Waals surface area (Å²) in [6.45, 7) is 4.20. The van der Waals surface area contributed by atoms with Crippen LogP contribution in [0.3, 0.4) is 0 Å². The zero-order chi connectivity index (χ0) is 19.1. The molecule has 9 heteroatoms. The number of pyridine rings is 2. The molecule has 2 amide bonds. The number of hydrogen-bond donors (Lipinski definition) is 1. The summed E-state index contributed by atoms with van der Waals surface area (Å²) in [6.07, 6.45) is 1.55.